The maximum absolute atomic E-state index is 12.4. The molecule has 1 N–H and O–H groups in total. The molecule has 3 heterocycles. The standard InChI is InChI=1S/C25H27N5O2S/c1-19-7-9-20(10-8-19)17-23-28-25(33-29-23)30(18-22-6-4-16-32-22)15-12-24(31)27-14-11-21-5-2-3-13-26-21/h2-10,13,16H,11-12,14-15,17-18H2,1H3,(H,27,31). The highest BCUT2D eigenvalue weighted by Crippen LogP contribution is 2.22. The van der Waals surface area contributed by atoms with E-state index in [9.17, 15) is 4.79 Å². The van der Waals surface area contributed by atoms with Crippen LogP contribution in [-0.4, -0.2) is 33.3 Å². The average molecular weight is 462 g/mol. The van der Waals surface area contributed by atoms with Crippen LogP contribution in [0.3, 0.4) is 0 Å². The molecule has 4 rings (SSSR count). The summed E-state index contributed by atoms with van der Waals surface area (Å²) in [6.45, 7) is 3.69. The van der Waals surface area contributed by atoms with Crippen molar-refractivity contribution in [2.75, 3.05) is 18.0 Å². The lowest BCUT2D eigenvalue weighted by Gasteiger charge is -2.20. The SMILES string of the molecule is Cc1ccc(Cc2nsc(N(CCC(=O)NCCc3ccccn3)Cc3ccco3)n2)cc1. The summed E-state index contributed by atoms with van der Waals surface area (Å²) >= 11 is 1.35. The molecule has 0 aliphatic rings. The van der Waals surface area contributed by atoms with Gasteiger partial charge in [-0.15, -0.1) is 0 Å². The summed E-state index contributed by atoms with van der Waals surface area (Å²) in [5, 5.41) is 3.76. The van der Waals surface area contributed by atoms with Gasteiger partial charge >= 0.3 is 0 Å². The average Bonchev–Trinajstić information content (AvgIpc) is 3.51. The second-order valence-electron chi connectivity index (χ2n) is 7.83. The number of benzene rings is 1. The number of carbonyl (C=O) groups is 1. The van der Waals surface area contributed by atoms with Crippen molar-refractivity contribution in [1.82, 2.24) is 19.7 Å². The van der Waals surface area contributed by atoms with Crippen LogP contribution in [0, 0.1) is 6.92 Å². The van der Waals surface area contributed by atoms with Crippen molar-refractivity contribution in [1.29, 1.82) is 0 Å². The molecule has 0 radical (unpaired) electrons. The van der Waals surface area contributed by atoms with E-state index in [2.05, 4.69) is 45.9 Å². The van der Waals surface area contributed by atoms with Crippen molar-refractivity contribution < 1.29 is 9.21 Å². The van der Waals surface area contributed by atoms with E-state index in [1.54, 1.807) is 12.5 Å². The molecule has 33 heavy (non-hydrogen) atoms. The second-order valence-corrected chi connectivity index (χ2v) is 8.56. The number of aryl methyl sites for hydroxylation is 1. The topological polar surface area (TPSA) is 84.2 Å². The van der Waals surface area contributed by atoms with Crippen molar-refractivity contribution in [3.05, 3.63) is 95.5 Å². The number of furan rings is 1. The Balaban J connectivity index is 1.34. The largest absolute Gasteiger partial charge is 0.467 e. The van der Waals surface area contributed by atoms with Gasteiger partial charge in [-0.3, -0.25) is 9.78 Å². The van der Waals surface area contributed by atoms with Crippen LogP contribution in [0.15, 0.2) is 71.5 Å². The lowest BCUT2D eigenvalue weighted by Crippen LogP contribution is -2.31. The summed E-state index contributed by atoms with van der Waals surface area (Å²) in [5.74, 6) is 1.60. The van der Waals surface area contributed by atoms with E-state index in [4.69, 9.17) is 9.40 Å². The summed E-state index contributed by atoms with van der Waals surface area (Å²) in [5.41, 5.74) is 3.37. The van der Waals surface area contributed by atoms with Crippen LogP contribution >= 0.6 is 11.5 Å². The highest BCUT2D eigenvalue weighted by atomic mass is 32.1. The Bertz CT molecular complexity index is 1130. The molecule has 3 aromatic heterocycles. The van der Waals surface area contributed by atoms with E-state index < -0.39 is 0 Å². The van der Waals surface area contributed by atoms with E-state index in [-0.39, 0.29) is 5.91 Å². The highest BCUT2D eigenvalue weighted by molar-refractivity contribution is 7.09. The van der Waals surface area contributed by atoms with Gasteiger partial charge < -0.3 is 14.6 Å². The van der Waals surface area contributed by atoms with Crippen LogP contribution in [-0.2, 0) is 24.2 Å². The zero-order chi connectivity index (χ0) is 22.9. The first kappa shape index (κ1) is 22.7. The van der Waals surface area contributed by atoms with Crippen LogP contribution in [0.25, 0.3) is 0 Å². The summed E-state index contributed by atoms with van der Waals surface area (Å²) in [6, 6.07) is 18.0. The molecule has 7 nitrogen and oxygen atoms in total. The molecule has 0 spiro atoms. The summed E-state index contributed by atoms with van der Waals surface area (Å²) in [7, 11) is 0. The van der Waals surface area contributed by atoms with Crippen LogP contribution in [0.2, 0.25) is 0 Å². The molecule has 0 unspecified atom stereocenters. The summed E-state index contributed by atoms with van der Waals surface area (Å²) < 4.78 is 10.1. The maximum Gasteiger partial charge on any atom is 0.221 e. The summed E-state index contributed by atoms with van der Waals surface area (Å²) in [4.78, 5) is 23.5. The fourth-order valence-corrected chi connectivity index (χ4v) is 4.08. The van der Waals surface area contributed by atoms with Gasteiger partial charge in [0.1, 0.15) is 11.6 Å². The molecule has 170 valence electrons. The van der Waals surface area contributed by atoms with Gasteiger partial charge in [0.2, 0.25) is 11.0 Å². The number of nitrogens with zero attached hydrogens (tertiary/aromatic N) is 4. The van der Waals surface area contributed by atoms with Gasteiger partial charge in [-0.05, 0) is 36.8 Å². The molecule has 8 heteroatoms. The molecule has 0 saturated carbocycles. The number of carbonyl (C=O) groups excluding carboxylic acids is 1. The smallest absolute Gasteiger partial charge is 0.221 e. The molecule has 0 saturated heterocycles. The number of hydrogen-bond acceptors (Lipinski definition) is 7. The molecule has 1 amide bonds. The summed E-state index contributed by atoms with van der Waals surface area (Å²) in [6.07, 6.45) is 5.16. The molecular formula is C25H27N5O2S. The third-order valence-corrected chi connectivity index (χ3v) is 5.99. The molecule has 0 fully saturated rings. The minimum absolute atomic E-state index is 0.000213. The van der Waals surface area contributed by atoms with Crippen LogP contribution < -0.4 is 10.2 Å². The Kier molecular flexibility index (Phi) is 7.81. The first-order valence-electron chi connectivity index (χ1n) is 11.0. The van der Waals surface area contributed by atoms with Crippen molar-refractivity contribution in [2.45, 2.75) is 32.7 Å². The number of aromatic nitrogens is 3. The third-order valence-electron chi connectivity index (χ3n) is 5.18. The van der Waals surface area contributed by atoms with Crippen molar-refractivity contribution >= 4 is 22.6 Å². The monoisotopic (exact) mass is 461 g/mol. The second kappa shape index (κ2) is 11.4. The van der Waals surface area contributed by atoms with Gasteiger partial charge in [0.15, 0.2) is 0 Å². The molecule has 0 bridgehead atoms. The molecule has 1 aromatic carbocycles. The van der Waals surface area contributed by atoms with E-state index in [1.807, 2.05) is 35.2 Å². The Morgan fingerprint density at radius 1 is 1.12 bits per heavy atom. The van der Waals surface area contributed by atoms with Gasteiger partial charge in [0, 0.05) is 55.8 Å². The lowest BCUT2D eigenvalue weighted by atomic mass is 10.1. The Morgan fingerprint density at radius 2 is 2.00 bits per heavy atom. The lowest BCUT2D eigenvalue weighted by molar-refractivity contribution is -0.120. The number of amides is 1. The van der Waals surface area contributed by atoms with Gasteiger partial charge in [-0.1, -0.05) is 35.9 Å². The van der Waals surface area contributed by atoms with Gasteiger partial charge in [0.25, 0.3) is 0 Å². The number of pyridine rings is 1. The zero-order valence-corrected chi connectivity index (χ0v) is 19.4. The maximum atomic E-state index is 12.4. The molecule has 0 atom stereocenters. The fourth-order valence-electron chi connectivity index (χ4n) is 3.37. The molecular weight excluding hydrogens is 434 g/mol. The highest BCUT2D eigenvalue weighted by Gasteiger charge is 2.16. The third kappa shape index (κ3) is 6.98. The van der Waals surface area contributed by atoms with Crippen molar-refractivity contribution in [3.63, 3.8) is 0 Å². The molecule has 0 aliphatic heterocycles. The van der Waals surface area contributed by atoms with E-state index >= 15 is 0 Å². The minimum Gasteiger partial charge on any atom is -0.467 e. The van der Waals surface area contributed by atoms with Gasteiger partial charge in [-0.25, -0.2) is 4.98 Å². The molecule has 4 aromatic rings. The van der Waals surface area contributed by atoms with E-state index in [0.717, 1.165) is 22.4 Å². The predicted molar refractivity (Wildman–Crippen MR) is 129 cm³/mol. The van der Waals surface area contributed by atoms with Crippen LogP contribution in [0.4, 0.5) is 5.13 Å². The first-order valence-corrected chi connectivity index (χ1v) is 11.7. The van der Waals surface area contributed by atoms with Crippen LogP contribution in [0.1, 0.15) is 34.8 Å². The minimum atomic E-state index is -0.000213. The zero-order valence-electron chi connectivity index (χ0n) is 18.6. The van der Waals surface area contributed by atoms with Gasteiger partial charge in [-0.2, -0.15) is 4.37 Å². The Labute approximate surface area is 197 Å². The number of anilines is 1. The Morgan fingerprint density at radius 3 is 2.76 bits per heavy atom. The fraction of sp³-hybridized carbons (Fsp3) is 0.280. The normalized spacial score (nSPS) is 10.8. The number of hydrogen-bond donors (Lipinski definition) is 1. The predicted octanol–water partition coefficient (Wildman–Crippen LogP) is 4.18. The quantitative estimate of drug-likeness (QED) is 0.361. The first-order chi connectivity index (χ1) is 16.2. The number of rotatable bonds is 11. The van der Waals surface area contributed by atoms with Gasteiger partial charge in [0.05, 0.1) is 12.8 Å². The van der Waals surface area contributed by atoms with Crippen LogP contribution in [0.5, 0.6) is 0 Å². The molecule has 0 aliphatic carbocycles. The Hall–Kier alpha value is -3.52. The van der Waals surface area contributed by atoms with E-state index in [1.165, 1.54) is 22.7 Å². The van der Waals surface area contributed by atoms with Crippen molar-refractivity contribution in [2.24, 2.45) is 0 Å². The number of nitrogens with one attached hydrogen (secondary N) is 1. The van der Waals surface area contributed by atoms with Crippen molar-refractivity contribution in [3.8, 4) is 0 Å². The van der Waals surface area contributed by atoms with E-state index in [0.29, 0.717) is 38.9 Å².